The molecule has 0 saturated heterocycles. The standard InChI is InChI=1S/C21H30N2O4S/c1-23(17-7-9-18(27-2)10-8-17)13-5-4-12-22-15-20(25)16-6-11-19(24)21(14-16)28(3)26/h6-11,14,20,22,24-25H,4-5,12-13,15H2,1-3H3. The maximum atomic E-state index is 11.6. The van der Waals surface area contributed by atoms with Crippen LogP contribution >= 0.6 is 0 Å². The quantitative estimate of drug-likeness (QED) is 0.393. The second-order valence-electron chi connectivity index (χ2n) is 6.73. The van der Waals surface area contributed by atoms with Crippen LogP contribution in [0.25, 0.3) is 0 Å². The minimum absolute atomic E-state index is 0.00859. The summed E-state index contributed by atoms with van der Waals surface area (Å²) < 4.78 is 16.8. The first kappa shape index (κ1) is 22.4. The molecule has 2 unspecified atom stereocenters. The molecule has 0 spiro atoms. The minimum Gasteiger partial charge on any atom is -0.612 e. The Hall–Kier alpha value is -1.93. The predicted octanol–water partition coefficient (Wildman–Crippen LogP) is 2.68. The number of rotatable bonds is 11. The Bertz CT molecular complexity index is 725. The molecule has 0 aliphatic carbocycles. The van der Waals surface area contributed by atoms with E-state index in [4.69, 9.17) is 4.74 Å². The maximum Gasteiger partial charge on any atom is 0.194 e. The van der Waals surface area contributed by atoms with Gasteiger partial charge in [-0.1, -0.05) is 6.07 Å². The Morgan fingerprint density at radius 1 is 1.18 bits per heavy atom. The third-order valence-electron chi connectivity index (χ3n) is 4.63. The summed E-state index contributed by atoms with van der Waals surface area (Å²) in [5.41, 5.74) is 1.80. The van der Waals surface area contributed by atoms with Gasteiger partial charge in [0.1, 0.15) is 12.0 Å². The minimum atomic E-state index is -1.29. The normalized spacial score (nSPS) is 13.2. The fraction of sp³-hybridized carbons (Fsp3) is 0.429. The molecule has 0 heterocycles. The first-order valence-electron chi connectivity index (χ1n) is 9.32. The molecule has 0 radical (unpaired) electrons. The molecule has 2 atom stereocenters. The number of hydrogen-bond acceptors (Lipinski definition) is 6. The van der Waals surface area contributed by atoms with Gasteiger partial charge in [0.25, 0.3) is 0 Å². The molecular formula is C21H30N2O4S. The van der Waals surface area contributed by atoms with Gasteiger partial charge < -0.3 is 29.7 Å². The molecule has 154 valence electrons. The molecule has 7 heteroatoms. The Morgan fingerprint density at radius 2 is 1.89 bits per heavy atom. The van der Waals surface area contributed by atoms with Crippen molar-refractivity contribution < 1.29 is 19.5 Å². The van der Waals surface area contributed by atoms with E-state index in [2.05, 4.69) is 17.3 Å². The van der Waals surface area contributed by atoms with Gasteiger partial charge in [-0.2, -0.15) is 0 Å². The summed E-state index contributed by atoms with van der Waals surface area (Å²) in [6, 6.07) is 12.7. The zero-order valence-corrected chi connectivity index (χ0v) is 17.5. The van der Waals surface area contributed by atoms with E-state index < -0.39 is 17.3 Å². The van der Waals surface area contributed by atoms with Crippen LogP contribution in [0.1, 0.15) is 24.5 Å². The average Bonchev–Trinajstić information content (AvgIpc) is 2.70. The van der Waals surface area contributed by atoms with Crippen molar-refractivity contribution in [3.63, 3.8) is 0 Å². The lowest BCUT2D eigenvalue weighted by Crippen LogP contribution is -2.24. The van der Waals surface area contributed by atoms with Crippen molar-refractivity contribution in [2.45, 2.75) is 23.8 Å². The zero-order valence-electron chi connectivity index (χ0n) is 16.7. The number of anilines is 1. The predicted molar refractivity (Wildman–Crippen MR) is 114 cm³/mol. The monoisotopic (exact) mass is 406 g/mol. The number of ether oxygens (including phenoxy) is 1. The van der Waals surface area contributed by atoms with Crippen LogP contribution in [-0.4, -0.2) is 54.8 Å². The second kappa shape index (κ2) is 11.2. The number of unbranched alkanes of at least 4 members (excludes halogenated alkanes) is 1. The topological polar surface area (TPSA) is 88.0 Å². The Labute approximate surface area is 170 Å². The van der Waals surface area contributed by atoms with Gasteiger partial charge in [-0.3, -0.25) is 0 Å². The van der Waals surface area contributed by atoms with E-state index in [1.165, 1.54) is 12.3 Å². The molecule has 6 nitrogen and oxygen atoms in total. The van der Waals surface area contributed by atoms with Crippen molar-refractivity contribution in [3.05, 3.63) is 48.0 Å². The Balaban J connectivity index is 1.67. The van der Waals surface area contributed by atoms with Crippen LogP contribution in [0.2, 0.25) is 0 Å². The van der Waals surface area contributed by atoms with E-state index in [-0.39, 0.29) is 5.75 Å². The molecule has 28 heavy (non-hydrogen) atoms. The van der Waals surface area contributed by atoms with Crippen LogP contribution in [0.4, 0.5) is 5.69 Å². The van der Waals surface area contributed by atoms with E-state index >= 15 is 0 Å². The van der Waals surface area contributed by atoms with Gasteiger partial charge in [-0.25, -0.2) is 0 Å². The van der Waals surface area contributed by atoms with Crippen molar-refractivity contribution in [3.8, 4) is 11.5 Å². The van der Waals surface area contributed by atoms with Crippen molar-refractivity contribution in [1.29, 1.82) is 0 Å². The molecular weight excluding hydrogens is 376 g/mol. The third kappa shape index (κ3) is 6.60. The SMILES string of the molecule is COc1ccc(N(C)CCCCNCC(O)c2ccc(O)c([S+](C)[O-])c2)cc1. The Morgan fingerprint density at radius 3 is 2.54 bits per heavy atom. The van der Waals surface area contributed by atoms with Crippen LogP contribution in [-0.2, 0) is 11.2 Å². The molecule has 2 rings (SSSR count). The summed E-state index contributed by atoms with van der Waals surface area (Å²) in [7, 11) is 3.73. The third-order valence-corrected chi connectivity index (χ3v) is 5.57. The van der Waals surface area contributed by atoms with E-state index in [0.717, 1.165) is 37.4 Å². The van der Waals surface area contributed by atoms with Gasteiger partial charge in [0, 0.05) is 31.9 Å². The number of benzene rings is 2. The van der Waals surface area contributed by atoms with Gasteiger partial charge in [-0.05, 0) is 66.5 Å². The number of aliphatic hydroxyl groups excluding tert-OH is 1. The number of hydrogen-bond donors (Lipinski definition) is 3. The lowest BCUT2D eigenvalue weighted by Gasteiger charge is -2.19. The molecule has 0 aliphatic rings. The summed E-state index contributed by atoms with van der Waals surface area (Å²) in [5.74, 6) is 0.844. The number of nitrogens with zero attached hydrogens (tertiary/aromatic N) is 1. The van der Waals surface area contributed by atoms with Crippen LogP contribution in [0, 0.1) is 0 Å². The number of aliphatic hydroxyl groups is 1. The number of aromatic hydroxyl groups is 1. The van der Waals surface area contributed by atoms with Crippen molar-refractivity contribution in [1.82, 2.24) is 5.32 Å². The first-order chi connectivity index (χ1) is 13.4. The Kier molecular flexibility index (Phi) is 8.92. The fourth-order valence-corrected chi connectivity index (χ4v) is 3.55. The first-order valence-corrected chi connectivity index (χ1v) is 10.9. The molecule has 0 aliphatic heterocycles. The highest BCUT2D eigenvalue weighted by molar-refractivity contribution is 7.90. The lowest BCUT2D eigenvalue weighted by atomic mass is 10.1. The number of methoxy groups -OCH3 is 1. The second-order valence-corrected chi connectivity index (χ2v) is 8.08. The molecule has 0 fully saturated rings. The number of phenols is 1. The molecule has 2 aromatic carbocycles. The van der Waals surface area contributed by atoms with Gasteiger partial charge in [0.15, 0.2) is 10.6 Å². The molecule has 0 aromatic heterocycles. The largest absolute Gasteiger partial charge is 0.612 e. The maximum absolute atomic E-state index is 11.6. The number of phenolic OH excluding ortho intramolecular Hbond substituents is 1. The van der Waals surface area contributed by atoms with Gasteiger partial charge in [0.05, 0.1) is 13.2 Å². The summed E-state index contributed by atoms with van der Waals surface area (Å²) >= 11 is -1.29. The van der Waals surface area contributed by atoms with E-state index in [0.29, 0.717) is 17.0 Å². The molecule has 0 bridgehead atoms. The van der Waals surface area contributed by atoms with Gasteiger partial charge >= 0.3 is 0 Å². The van der Waals surface area contributed by atoms with Crippen LogP contribution < -0.4 is 15.0 Å². The van der Waals surface area contributed by atoms with Gasteiger partial charge in [0.2, 0.25) is 0 Å². The van der Waals surface area contributed by atoms with Crippen molar-refractivity contribution in [2.24, 2.45) is 0 Å². The summed E-state index contributed by atoms with van der Waals surface area (Å²) in [4.78, 5) is 2.55. The van der Waals surface area contributed by atoms with E-state index in [1.807, 2.05) is 24.3 Å². The molecule has 2 aromatic rings. The van der Waals surface area contributed by atoms with Gasteiger partial charge in [-0.15, -0.1) is 0 Å². The lowest BCUT2D eigenvalue weighted by molar-refractivity contribution is 0.174. The highest BCUT2D eigenvalue weighted by Crippen LogP contribution is 2.26. The van der Waals surface area contributed by atoms with Crippen LogP contribution in [0.15, 0.2) is 47.4 Å². The zero-order chi connectivity index (χ0) is 20.5. The summed E-state index contributed by atoms with van der Waals surface area (Å²) in [6.07, 6.45) is 2.83. The smallest absolute Gasteiger partial charge is 0.194 e. The molecule has 3 N–H and O–H groups in total. The van der Waals surface area contributed by atoms with E-state index in [9.17, 15) is 14.8 Å². The number of nitrogens with one attached hydrogen (secondary N) is 1. The van der Waals surface area contributed by atoms with E-state index in [1.54, 1.807) is 19.2 Å². The molecule has 0 saturated carbocycles. The summed E-state index contributed by atoms with van der Waals surface area (Å²) in [6.45, 7) is 2.16. The van der Waals surface area contributed by atoms with Crippen molar-refractivity contribution >= 4 is 16.9 Å². The van der Waals surface area contributed by atoms with Crippen LogP contribution in [0.5, 0.6) is 11.5 Å². The fourth-order valence-electron chi connectivity index (χ4n) is 2.89. The average molecular weight is 407 g/mol. The van der Waals surface area contributed by atoms with Crippen molar-refractivity contribution in [2.75, 3.05) is 44.9 Å². The van der Waals surface area contributed by atoms with Crippen LogP contribution in [0.3, 0.4) is 0 Å². The highest BCUT2D eigenvalue weighted by atomic mass is 32.2. The highest BCUT2D eigenvalue weighted by Gasteiger charge is 2.15. The molecule has 0 amide bonds. The summed E-state index contributed by atoms with van der Waals surface area (Å²) in [5, 5.41) is 23.3.